The van der Waals surface area contributed by atoms with Gasteiger partial charge in [-0.25, -0.2) is 4.79 Å². The quantitative estimate of drug-likeness (QED) is 0.503. The van der Waals surface area contributed by atoms with E-state index in [1.165, 1.54) is 24.3 Å². The molecule has 1 aliphatic heterocycles. The number of aryl methyl sites for hydroxylation is 1. The van der Waals surface area contributed by atoms with Crippen LogP contribution in [-0.2, 0) is 9.59 Å². The van der Waals surface area contributed by atoms with E-state index in [1.807, 2.05) is 38.1 Å². The number of nitrogens with one attached hydrogen (secondary N) is 2. The van der Waals surface area contributed by atoms with Gasteiger partial charge in [0, 0.05) is 12.1 Å². The molecule has 1 saturated heterocycles. The van der Waals surface area contributed by atoms with E-state index >= 15 is 0 Å². The summed E-state index contributed by atoms with van der Waals surface area (Å²) < 4.78 is 0. The Morgan fingerprint density at radius 2 is 1.73 bits per heavy atom. The fourth-order valence-corrected chi connectivity index (χ4v) is 3.56. The molecule has 30 heavy (non-hydrogen) atoms. The van der Waals surface area contributed by atoms with Crippen LogP contribution in [0.5, 0.6) is 0 Å². The van der Waals surface area contributed by atoms with Crippen molar-refractivity contribution in [1.29, 1.82) is 0 Å². The minimum atomic E-state index is -1.05. The molecule has 0 saturated carbocycles. The van der Waals surface area contributed by atoms with Gasteiger partial charge in [-0.15, -0.1) is 5.10 Å². The zero-order valence-corrected chi connectivity index (χ0v) is 17.2. The molecule has 1 heterocycles. The Bertz CT molecular complexity index is 1030. The standard InChI is InChI=1S/C21H20N4O4S/c1-12-3-5-14(6-4-12)13(2)24-25-21-23-18(26)11-17(30-21)19(27)22-16-9-7-15(8-10-16)20(28)29/h3-10,17H,11H2,1-2H3,(H,22,27)(H,28,29)(H,23,25,26)/b24-13-/t17-/m0/s1. The molecule has 1 atom stereocenters. The fraction of sp³-hybridized carbons (Fsp3) is 0.190. The van der Waals surface area contributed by atoms with Crippen molar-refractivity contribution >= 4 is 46.1 Å². The van der Waals surface area contributed by atoms with Crippen molar-refractivity contribution in [1.82, 2.24) is 5.32 Å². The molecule has 154 valence electrons. The number of hydrogen-bond acceptors (Lipinski definition) is 6. The number of thioether (sulfide) groups is 1. The van der Waals surface area contributed by atoms with Crippen LogP contribution >= 0.6 is 11.8 Å². The van der Waals surface area contributed by atoms with Gasteiger partial charge in [-0.2, -0.15) is 5.10 Å². The number of benzene rings is 2. The van der Waals surface area contributed by atoms with E-state index in [-0.39, 0.29) is 29.0 Å². The Kier molecular flexibility index (Phi) is 6.63. The average Bonchev–Trinajstić information content (AvgIpc) is 2.72. The van der Waals surface area contributed by atoms with Crippen LogP contribution in [0.3, 0.4) is 0 Å². The third-order valence-corrected chi connectivity index (χ3v) is 5.40. The third kappa shape index (κ3) is 5.54. The van der Waals surface area contributed by atoms with Gasteiger partial charge in [-0.05, 0) is 43.7 Å². The normalized spacial score (nSPS) is 18.1. The van der Waals surface area contributed by atoms with Crippen molar-refractivity contribution in [3.8, 4) is 0 Å². The highest BCUT2D eigenvalue weighted by Gasteiger charge is 2.30. The second-order valence-corrected chi connectivity index (χ2v) is 7.88. The molecule has 2 aromatic rings. The summed E-state index contributed by atoms with van der Waals surface area (Å²) in [6.45, 7) is 3.81. The number of amidine groups is 1. The van der Waals surface area contributed by atoms with Crippen LogP contribution in [0.25, 0.3) is 0 Å². The fourth-order valence-electron chi connectivity index (χ4n) is 2.63. The first-order chi connectivity index (χ1) is 14.3. The number of anilines is 1. The van der Waals surface area contributed by atoms with Crippen LogP contribution in [0.15, 0.2) is 58.7 Å². The molecule has 0 radical (unpaired) electrons. The van der Waals surface area contributed by atoms with Crippen LogP contribution in [0.1, 0.15) is 34.8 Å². The van der Waals surface area contributed by atoms with Gasteiger partial charge in [0.2, 0.25) is 11.8 Å². The highest BCUT2D eigenvalue weighted by molar-refractivity contribution is 8.15. The number of nitrogens with zero attached hydrogens (tertiary/aromatic N) is 2. The van der Waals surface area contributed by atoms with Crippen molar-refractivity contribution in [2.24, 2.45) is 10.2 Å². The molecule has 0 aliphatic carbocycles. The van der Waals surface area contributed by atoms with E-state index in [1.54, 1.807) is 0 Å². The lowest BCUT2D eigenvalue weighted by atomic mass is 10.1. The summed E-state index contributed by atoms with van der Waals surface area (Å²) in [7, 11) is 0. The molecule has 1 aliphatic rings. The number of carbonyl (C=O) groups excluding carboxylic acids is 2. The summed E-state index contributed by atoms with van der Waals surface area (Å²) in [5, 5.41) is 22.1. The topological polar surface area (TPSA) is 120 Å². The first-order valence-electron chi connectivity index (χ1n) is 9.12. The lowest BCUT2D eigenvalue weighted by Gasteiger charge is -2.21. The van der Waals surface area contributed by atoms with Crippen molar-refractivity contribution in [2.75, 3.05) is 5.32 Å². The Labute approximate surface area is 177 Å². The van der Waals surface area contributed by atoms with E-state index in [0.717, 1.165) is 22.9 Å². The molecule has 0 bridgehead atoms. The van der Waals surface area contributed by atoms with Gasteiger partial charge < -0.3 is 15.7 Å². The molecular weight excluding hydrogens is 404 g/mol. The van der Waals surface area contributed by atoms with Gasteiger partial charge in [0.25, 0.3) is 0 Å². The average molecular weight is 424 g/mol. The molecule has 3 rings (SSSR count). The summed E-state index contributed by atoms with van der Waals surface area (Å²) in [4.78, 5) is 35.5. The van der Waals surface area contributed by atoms with E-state index in [2.05, 4.69) is 20.8 Å². The largest absolute Gasteiger partial charge is 0.478 e. The van der Waals surface area contributed by atoms with Crippen LogP contribution < -0.4 is 10.6 Å². The Hall–Kier alpha value is -3.46. The zero-order chi connectivity index (χ0) is 21.7. The van der Waals surface area contributed by atoms with Crippen molar-refractivity contribution < 1.29 is 19.5 Å². The SMILES string of the molecule is C/C(=N/N=C1/NC(=O)C[C@@H](C(=O)Nc2ccc(C(=O)O)cc2)S1)c1ccc(C)cc1. The smallest absolute Gasteiger partial charge is 0.335 e. The van der Waals surface area contributed by atoms with E-state index in [4.69, 9.17) is 5.11 Å². The molecule has 0 aromatic heterocycles. The number of aromatic carboxylic acids is 1. The summed E-state index contributed by atoms with van der Waals surface area (Å²) >= 11 is 1.12. The molecule has 9 heteroatoms. The molecule has 0 spiro atoms. The molecule has 2 amide bonds. The molecule has 2 aromatic carbocycles. The second-order valence-electron chi connectivity index (χ2n) is 6.69. The zero-order valence-electron chi connectivity index (χ0n) is 16.4. The van der Waals surface area contributed by atoms with Gasteiger partial charge in [0.15, 0.2) is 5.17 Å². The maximum atomic E-state index is 12.5. The predicted molar refractivity (Wildman–Crippen MR) is 117 cm³/mol. The molecule has 8 nitrogen and oxygen atoms in total. The lowest BCUT2D eigenvalue weighted by molar-refractivity contribution is -0.123. The lowest BCUT2D eigenvalue weighted by Crippen LogP contribution is -2.41. The van der Waals surface area contributed by atoms with Crippen LogP contribution in [0.2, 0.25) is 0 Å². The highest BCUT2D eigenvalue weighted by Crippen LogP contribution is 2.23. The number of amides is 2. The van der Waals surface area contributed by atoms with E-state index in [9.17, 15) is 14.4 Å². The predicted octanol–water partition coefficient (Wildman–Crippen LogP) is 3.03. The maximum absolute atomic E-state index is 12.5. The van der Waals surface area contributed by atoms with Gasteiger partial charge in [-0.3, -0.25) is 9.59 Å². The number of carboxylic acid groups (broad SMARTS) is 1. The highest BCUT2D eigenvalue weighted by atomic mass is 32.2. The Morgan fingerprint density at radius 1 is 1.10 bits per heavy atom. The Balaban J connectivity index is 1.68. The summed E-state index contributed by atoms with van der Waals surface area (Å²) in [5.41, 5.74) is 3.30. The molecule has 1 fully saturated rings. The molecule has 0 unspecified atom stereocenters. The van der Waals surface area contributed by atoms with Crippen molar-refractivity contribution in [3.63, 3.8) is 0 Å². The number of hydrogen-bond donors (Lipinski definition) is 3. The Morgan fingerprint density at radius 3 is 2.37 bits per heavy atom. The summed E-state index contributed by atoms with van der Waals surface area (Å²) in [5.74, 6) is -1.74. The van der Waals surface area contributed by atoms with E-state index < -0.39 is 11.2 Å². The van der Waals surface area contributed by atoms with Crippen LogP contribution in [0.4, 0.5) is 5.69 Å². The number of carbonyl (C=O) groups is 3. The van der Waals surface area contributed by atoms with E-state index in [0.29, 0.717) is 11.4 Å². The second kappa shape index (κ2) is 9.36. The van der Waals surface area contributed by atoms with Gasteiger partial charge >= 0.3 is 5.97 Å². The third-order valence-electron chi connectivity index (χ3n) is 4.32. The summed E-state index contributed by atoms with van der Waals surface area (Å²) in [6, 6.07) is 13.6. The van der Waals surface area contributed by atoms with Gasteiger partial charge in [-0.1, -0.05) is 41.6 Å². The molecule has 3 N–H and O–H groups in total. The van der Waals surface area contributed by atoms with Gasteiger partial charge in [0.1, 0.15) is 5.25 Å². The maximum Gasteiger partial charge on any atom is 0.335 e. The van der Waals surface area contributed by atoms with Crippen molar-refractivity contribution in [3.05, 3.63) is 65.2 Å². The summed E-state index contributed by atoms with van der Waals surface area (Å²) in [6.07, 6.45) is 0.00336. The minimum absolute atomic E-state index is 0.00336. The first-order valence-corrected chi connectivity index (χ1v) is 10.00. The minimum Gasteiger partial charge on any atom is -0.478 e. The monoisotopic (exact) mass is 424 g/mol. The van der Waals surface area contributed by atoms with Crippen LogP contribution in [0, 0.1) is 6.92 Å². The van der Waals surface area contributed by atoms with Gasteiger partial charge in [0.05, 0.1) is 11.3 Å². The number of rotatable bonds is 5. The van der Waals surface area contributed by atoms with Crippen LogP contribution in [-0.4, -0.2) is 39.0 Å². The number of carboxylic acids is 1. The first kappa shape index (κ1) is 21.3. The van der Waals surface area contributed by atoms with Crippen molar-refractivity contribution in [2.45, 2.75) is 25.5 Å². The molecular formula is C21H20N4O4S.